The van der Waals surface area contributed by atoms with Gasteiger partial charge in [-0.25, -0.2) is 0 Å². The summed E-state index contributed by atoms with van der Waals surface area (Å²) >= 11 is 0. The van der Waals surface area contributed by atoms with Gasteiger partial charge in [0.25, 0.3) is 0 Å². The topological polar surface area (TPSA) is 58.0 Å². The Balaban J connectivity index is 1.15. The molecule has 0 bridgehead atoms. The highest BCUT2D eigenvalue weighted by molar-refractivity contribution is 6.10. The standard InChI is InChI=1S/C50H42N6/c1-2-13-33(14-3-1)44-28-36(34-15-12-16-35(25-34)50-52-31-51-32-53-50)29-45(54-44)37-26-38(55-46-21-8-4-17-40(46)41-18-5-9-22-47(41)55)30-39(27-37)56-48-23-10-6-19-42(48)43-20-7-11-24-49(43)56/h1-27,29-30,44-45,50-54H,28,31-32H2. The van der Waals surface area contributed by atoms with Crippen LogP contribution < -0.4 is 21.3 Å². The van der Waals surface area contributed by atoms with Gasteiger partial charge in [-0.05, 0) is 82.8 Å². The lowest BCUT2D eigenvalue weighted by Gasteiger charge is -2.32. The highest BCUT2D eigenvalue weighted by Crippen LogP contribution is 2.41. The van der Waals surface area contributed by atoms with Gasteiger partial charge in [0.1, 0.15) is 0 Å². The van der Waals surface area contributed by atoms with Crippen molar-refractivity contribution in [3.8, 4) is 11.4 Å². The minimum absolute atomic E-state index is 0.0531. The molecule has 6 heteroatoms. The first-order chi connectivity index (χ1) is 27.8. The average molecular weight is 727 g/mol. The highest BCUT2D eigenvalue weighted by atomic mass is 15.3. The number of rotatable bonds is 6. The molecular formula is C50H42N6. The Morgan fingerprint density at radius 2 is 0.946 bits per heavy atom. The molecule has 2 atom stereocenters. The van der Waals surface area contributed by atoms with Gasteiger partial charge in [0.15, 0.2) is 0 Å². The molecule has 1 saturated heterocycles. The van der Waals surface area contributed by atoms with Gasteiger partial charge in [-0.15, -0.1) is 0 Å². The Morgan fingerprint density at radius 1 is 0.446 bits per heavy atom. The maximum atomic E-state index is 4.13. The predicted molar refractivity (Wildman–Crippen MR) is 231 cm³/mol. The molecule has 6 nitrogen and oxygen atoms in total. The summed E-state index contributed by atoms with van der Waals surface area (Å²) in [6, 6.07) is 62.5. The molecule has 2 aliphatic heterocycles. The second-order valence-corrected chi connectivity index (χ2v) is 15.1. The van der Waals surface area contributed by atoms with Gasteiger partial charge >= 0.3 is 0 Å². The summed E-state index contributed by atoms with van der Waals surface area (Å²) in [6.45, 7) is 1.56. The van der Waals surface area contributed by atoms with E-state index in [9.17, 15) is 0 Å². The van der Waals surface area contributed by atoms with Crippen molar-refractivity contribution >= 4 is 49.2 Å². The molecule has 2 aliphatic rings. The van der Waals surface area contributed by atoms with Crippen molar-refractivity contribution in [3.05, 3.63) is 198 Å². The maximum absolute atomic E-state index is 4.13. The van der Waals surface area contributed by atoms with Crippen molar-refractivity contribution in [2.24, 2.45) is 0 Å². The van der Waals surface area contributed by atoms with Crippen molar-refractivity contribution in [1.82, 2.24) is 30.4 Å². The number of fused-ring (bicyclic) bond motifs is 6. The van der Waals surface area contributed by atoms with Crippen LogP contribution in [0.25, 0.3) is 60.6 Å². The molecule has 7 aromatic carbocycles. The zero-order valence-electron chi connectivity index (χ0n) is 31.0. The molecule has 1 fully saturated rings. The van der Waals surface area contributed by atoms with E-state index in [-0.39, 0.29) is 18.2 Å². The average Bonchev–Trinajstić information content (AvgIpc) is 3.80. The molecule has 56 heavy (non-hydrogen) atoms. The van der Waals surface area contributed by atoms with E-state index in [4.69, 9.17) is 0 Å². The third-order valence-electron chi connectivity index (χ3n) is 11.8. The Labute approximate surface area is 326 Å². The molecule has 4 heterocycles. The molecular weight excluding hydrogens is 685 g/mol. The van der Waals surface area contributed by atoms with Crippen LogP contribution in [0.4, 0.5) is 0 Å². The summed E-state index contributed by atoms with van der Waals surface area (Å²) in [4.78, 5) is 0. The molecule has 272 valence electrons. The molecule has 0 aliphatic carbocycles. The number of hydrogen-bond donors (Lipinski definition) is 4. The Bertz CT molecular complexity index is 2690. The zero-order chi connectivity index (χ0) is 37.0. The van der Waals surface area contributed by atoms with Gasteiger partial charge in [-0.2, -0.15) is 0 Å². The van der Waals surface area contributed by atoms with E-state index >= 15 is 0 Å². The molecule has 4 N–H and O–H groups in total. The molecule has 2 aromatic heterocycles. The van der Waals surface area contributed by atoms with Gasteiger partial charge in [0.2, 0.25) is 0 Å². The first-order valence-electron chi connectivity index (χ1n) is 19.7. The smallest absolute Gasteiger partial charge is 0.0855 e. The Kier molecular flexibility index (Phi) is 8.14. The van der Waals surface area contributed by atoms with Gasteiger partial charge in [0.05, 0.1) is 34.3 Å². The predicted octanol–water partition coefficient (Wildman–Crippen LogP) is 10.4. The molecule has 9 aromatic rings. The number of nitrogens with zero attached hydrogens (tertiary/aromatic N) is 2. The van der Waals surface area contributed by atoms with Gasteiger partial charge in [-0.1, -0.05) is 127 Å². The van der Waals surface area contributed by atoms with E-state index < -0.39 is 0 Å². The van der Waals surface area contributed by atoms with Gasteiger partial charge in [0, 0.05) is 52.3 Å². The number of hydrogen-bond acceptors (Lipinski definition) is 4. The maximum Gasteiger partial charge on any atom is 0.0855 e. The first-order valence-corrected chi connectivity index (χ1v) is 19.7. The summed E-state index contributed by atoms with van der Waals surface area (Å²) in [5.41, 5.74) is 13.4. The van der Waals surface area contributed by atoms with Crippen LogP contribution >= 0.6 is 0 Å². The molecule has 0 spiro atoms. The summed E-state index contributed by atoms with van der Waals surface area (Å²) in [5, 5.41) is 19.6. The lowest BCUT2D eigenvalue weighted by molar-refractivity contribution is 0.344. The molecule has 0 saturated carbocycles. The zero-order valence-corrected chi connectivity index (χ0v) is 31.0. The van der Waals surface area contributed by atoms with Crippen LogP contribution in [0.1, 0.15) is 46.9 Å². The van der Waals surface area contributed by atoms with Crippen molar-refractivity contribution in [2.75, 3.05) is 13.3 Å². The molecule has 11 rings (SSSR count). The summed E-state index contributed by atoms with van der Waals surface area (Å²) in [7, 11) is 0. The lowest BCUT2D eigenvalue weighted by Crippen LogP contribution is -2.50. The van der Waals surface area contributed by atoms with E-state index in [1.165, 1.54) is 71.4 Å². The van der Waals surface area contributed by atoms with E-state index in [2.05, 4.69) is 206 Å². The summed E-state index contributed by atoms with van der Waals surface area (Å²) < 4.78 is 4.91. The summed E-state index contributed by atoms with van der Waals surface area (Å²) in [6.07, 6.45) is 3.47. The molecule has 0 amide bonds. The molecule has 0 radical (unpaired) electrons. The largest absolute Gasteiger partial charge is 0.309 e. The van der Waals surface area contributed by atoms with Crippen molar-refractivity contribution in [1.29, 1.82) is 0 Å². The monoisotopic (exact) mass is 726 g/mol. The Morgan fingerprint density at radius 3 is 1.50 bits per heavy atom. The van der Waals surface area contributed by atoms with Crippen LogP contribution in [0.15, 0.2) is 176 Å². The normalized spacial score (nSPS) is 17.9. The Hall–Kier alpha value is -6.28. The number of aromatic nitrogens is 2. The SMILES string of the molecule is C1=C(c2cccc(C3NCNCN3)c2)CC(c2ccccc2)NC1c1cc(-n2c3ccccc3c3ccccc32)cc(-n2c3ccccc3c3ccccc32)c1. The fourth-order valence-electron chi connectivity index (χ4n) is 9.21. The first kappa shape index (κ1) is 33.1. The van der Waals surface area contributed by atoms with Crippen molar-refractivity contribution in [3.63, 3.8) is 0 Å². The third-order valence-corrected chi connectivity index (χ3v) is 11.8. The van der Waals surface area contributed by atoms with Crippen LogP contribution in [0, 0.1) is 0 Å². The quantitative estimate of drug-likeness (QED) is 0.138. The van der Waals surface area contributed by atoms with E-state index in [1.807, 2.05) is 0 Å². The van der Waals surface area contributed by atoms with Crippen molar-refractivity contribution < 1.29 is 0 Å². The third kappa shape index (κ3) is 5.65. The van der Waals surface area contributed by atoms with Gasteiger partial charge in [-0.3, -0.25) is 21.3 Å². The fraction of sp³-hybridized carbons (Fsp3) is 0.120. The minimum atomic E-state index is -0.0531. The second-order valence-electron chi connectivity index (χ2n) is 15.1. The number of para-hydroxylation sites is 4. The fourth-order valence-corrected chi connectivity index (χ4v) is 9.21. The summed E-state index contributed by atoms with van der Waals surface area (Å²) in [5.74, 6) is 0. The van der Waals surface area contributed by atoms with Crippen LogP contribution in [0.3, 0.4) is 0 Å². The van der Waals surface area contributed by atoms with E-state index in [0.717, 1.165) is 31.1 Å². The highest BCUT2D eigenvalue weighted by Gasteiger charge is 2.27. The van der Waals surface area contributed by atoms with Gasteiger partial charge < -0.3 is 9.13 Å². The molecule has 2 unspecified atom stereocenters. The van der Waals surface area contributed by atoms with Crippen LogP contribution in [0.5, 0.6) is 0 Å². The lowest BCUT2D eigenvalue weighted by atomic mass is 9.86. The van der Waals surface area contributed by atoms with Crippen molar-refractivity contribution in [2.45, 2.75) is 24.7 Å². The number of nitrogens with one attached hydrogen (secondary N) is 4. The van der Waals surface area contributed by atoms with Crippen LogP contribution in [-0.2, 0) is 0 Å². The van der Waals surface area contributed by atoms with E-state index in [1.54, 1.807) is 0 Å². The van der Waals surface area contributed by atoms with Crippen LogP contribution in [-0.4, -0.2) is 22.5 Å². The van der Waals surface area contributed by atoms with E-state index in [0.29, 0.717) is 0 Å². The van der Waals surface area contributed by atoms with Crippen LogP contribution in [0.2, 0.25) is 0 Å². The minimum Gasteiger partial charge on any atom is -0.309 e. The second kappa shape index (κ2) is 13.8. The number of benzene rings is 7.